The third-order valence-corrected chi connectivity index (χ3v) is 3.47. The second-order valence-electron chi connectivity index (χ2n) is 4.65. The van der Waals surface area contributed by atoms with E-state index in [0.717, 1.165) is 38.2 Å². The number of hydrogen-bond donors (Lipinski definition) is 1. The molecule has 0 aromatic carbocycles. The molecule has 2 heterocycles. The maximum Gasteiger partial charge on any atom is 0.356 e. The standard InChI is InChI=1S/C12H19N3O2/c1-3-15-11(8-10(13-15)12(16)17)9-4-6-14(2)7-5-9/h8-9H,3-7H2,1-2H3,(H,16,17). The van der Waals surface area contributed by atoms with Crippen LogP contribution in [-0.2, 0) is 6.54 Å². The van der Waals surface area contributed by atoms with Gasteiger partial charge in [-0.1, -0.05) is 0 Å². The Morgan fingerprint density at radius 2 is 2.18 bits per heavy atom. The van der Waals surface area contributed by atoms with Gasteiger partial charge in [-0.25, -0.2) is 4.79 Å². The van der Waals surface area contributed by atoms with Crippen LogP contribution in [0.2, 0.25) is 0 Å². The molecule has 1 saturated heterocycles. The molecule has 1 aromatic rings. The first-order valence-electron chi connectivity index (χ1n) is 6.11. The highest BCUT2D eigenvalue weighted by Crippen LogP contribution is 2.28. The van der Waals surface area contributed by atoms with Crippen molar-refractivity contribution in [3.05, 3.63) is 17.5 Å². The molecule has 0 unspecified atom stereocenters. The van der Waals surface area contributed by atoms with E-state index in [1.807, 2.05) is 11.6 Å². The highest BCUT2D eigenvalue weighted by molar-refractivity contribution is 5.85. The number of likely N-dealkylation sites (tertiary alicyclic amines) is 1. The Morgan fingerprint density at radius 3 is 2.71 bits per heavy atom. The van der Waals surface area contributed by atoms with Crippen LogP contribution in [0, 0.1) is 0 Å². The SMILES string of the molecule is CCn1nc(C(=O)O)cc1C1CCN(C)CC1. The van der Waals surface area contributed by atoms with Gasteiger partial charge in [0.1, 0.15) is 0 Å². The lowest BCUT2D eigenvalue weighted by Gasteiger charge is -2.29. The van der Waals surface area contributed by atoms with Crippen molar-refractivity contribution in [3.63, 3.8) is 0 Å². The Labute approximate surface area is 101 Å². The molecule has 5 nitrogen and oxygen atoms in total. The molecule has 1 aromatic heterocycles. The van der Waals surface area contributed by atoms with Gasteiger partial charge in [0.25, 0.3) is 0 Å². The van der Waals surface area contributed by atoms with Gasteiger partial charge >= 0.3 is 5.97 Å². The Bertz CT molecular complexity index is 406. The predicted molar refractivity (Wildman–Crippen MR) is 64.3 cm³/mol. The Kier molecular flexibility index (Phi) is 3.47. The van der Waals surface area contributed by atoms with Gasteiger partial charge in [0.15, 0.2) is 5.69 Å². The molecule has 17 heavy (non-hydrogen) atoms. The van der Waals surface area contributed by atoms with Crippen LogP contribution >= 0.6 is 0 Å². The zero-order valence-electron chi connectivity index (χ0n) is 10.4. The molecule has 0 saturated carbocycles. The molecule has 0 bridgehead atoms. The van der Waals surface area contributed by atoms with E-state index in [0.29, 0.717) is 5.92 Å². The van der Waals surface area contributed by atoms with Crippen LogP contribution in [0.1, 0.15) is 41.9 Å². The van der Waals surface area contributed by atoms with Crippen molar-refractivity contribution in [2.45, 2.75) is 32.2 Å². The Morgan fingerprint density at radius 1 is 1.53 bits per heavy atom. The average Bonchev–Trinajstić information content (AvgIpc) is 2.74. The van der Waals surface area contributed by atoms with E-state index in [9.17, 15) is 4.79 Å². The van der Waals surface area contributed by atoms with Crippen molar-refractivity contribution in [3.8, 4) is 0 Å². The second-order valence-corrected chi connectivity index (χ2v) is 4.65. The molecule has 1 fully saturated rings. The Hall–Kier alpha value is -1.36. The molecule has 0 atom stereocenters. The summed E-state index contributed by atoms with van der Waals surface area (Å²) in [4.78, 5) is 13.2. The van der Waals surface area contributed by atoms with Gasteiger partial charge in [0.05, 0.1) is 0 Å². The lowest BCUT2D eigenvalue weighted by atomic mass is 9.93. The highest BCUT2D eigenvalue weighted by Gasteiger charge is 2.23. The van der Waals surface area contributed by atoms with Crippen LogP contribution in [0.3, 0.4) is 0 Å². The third kappa shape index (κ3) is 2.49. The average molecular weight is 237 g/mol. The Balaban J connectivity index is 2.21. The summed E-state index contributed by atoms with van der Waals surface area (Å²) in [5, 5.41) is 13.1. The first kappa shape index (κ1) is 12.1. The van der Waals surface area contributed by atoms with Crippen LogP contribution in [-0.4, -0.2) is 45.9 Å². The van der Waals surface area contributed by atoms with Gasteiger partial charge in [-0.05, 0) is 46.0 Å². The zero-order valence-corrected chi connectivity index (χ0v) is 10.4. The molecule has 5 heteroatoms. The summed E-state index contributed by atoms with van der Waals surface area (Å²) in [6.07, 6.45) is 2.17. The zero-order chi connectivity index (χ0) is 12.4. The van der Waals surface area contributed by atoms with Crippen molar-refractivity contribution < 1.29 is 9.90 Å². The molecule has 1 N–H and O–H groups in total. The number of piperidine rings is 1. The molecule has 1 aliphatic rings. The molecule has 94 valence electrons. The molecule has 0 radical (unpaired) electrons. The summed E-state index contributed by atoms with van der Waals surface area (Å²) < 4.78 is 1.83. The second kappa shape index (κ2) is 4.87. The van der Waals surface area contributed by atoms with E-state index in [2.05, 4.69) is 17.0 Å². The van der Waals surface area contributed by atoms with Crippen LogP contribution in [0.5, 0.6) is 0 Å². The summed E-state index contributed by atoms with van der Waals surface area (Å²) in [7, 11) is 2.12. The predicted octanol–water partition coefficient (Wildman–Crippen LogP) is 1.41. The normalized spacial score (nSPS) is 18.5. The smallest absolute Gasteiger partial charge is 0.356 e. The molecule has 0 spiro atoms. The number of aryl methyl sites for hydroxylation is 1. The van der Waals surface area contributed by atoms with Gasteiger partial charge in [0, 0.05) is 18.2 Å². The van der Waals surface area contributed by atoms with Crippen LogP contribution in [0.4, 0.5) is 0 Å². The van der Waals surface area contributed by atoms with Crippen molar-refractivity contribution in [2.75, 3.05) is 20.1 Å². The van der Waals surface area contributed by atoms with Crippen molar-refractivity contribution in [2.24, 2.45) is 0 Å². The van der Waals surface area contributed by atoms with Crippen molar-refractivity contribution >= 4 is 5.97 Å². The molecule has 1 aliphatic heterocycles. The van der Waals surface area contributed by atoms with E-state index < -0.39 is 5.97 Å². The highest BCUT2D eigenvalue weighted by atomic mass is 16.4. The molecule has 0 aliphatic carbocycles. The molecular formula is C12H19N3O2. The van der Waals surface area contributed by atoms with Crippen molar-refractivity contribution in [1.82, 2.24) is 14.7 Å². The number of aromatic nitrogens is 2. The van der Waals surface area contributed by atoms with Gasteiger partial charge in [-0.2, -0.15) is 5.10 Å². The first-order valence-corrected chi connectivity index (χ1v) is 6.11. The minimum absolute atomic E-state index is 0.167. The van der Waals surface area contributed by atoms with Gasteiger partial charge in [0.2, 0.25) is 0 Å². The molecule has 0 amide bonds. The number of aromatic carboxylic acids is 1. The largest absolute Gasteiger partial charge is 0.476 e. The van der Waals surface area contributed by atoms with Crippen LogP contribution in [0.25, 0.3) is 0 Å². The molecular weight excluding hydrogens is 218 g/mol. The summed E-state index contributed by atoms with van der Waals surface area (Å²) in [6, 6.07) is 1.74. The number of hydrogen-bond acceptors (Lipinski definition) is 3. The van der Waals surface area contributed by atoms with E-state index >= 15 is 0 Å². The lowest BCUT2D eigenvalue weighted by molar-refractivity contribution is 0.0689. The lowest BCUT2D eigenvalue weighted by Crippen LogP contribution is -2.30. The maximum atomic E-state index is 10.9. The summed E-state index contributed by atoms with van der Waals surface area (Å²) >= 11 is 0. The number of rotatable bonds is 3. The van der Waals surface area contributed by atoms with Crippen LogP contribution < -0.4 is 0 Å². The fraction of sp³-hybridized carbons (Fsp3) is 0.667. The minimum Gasteiger partial charge on any atom is -0.476 e. The van der Waals surface area contributed by atoms with Crippen molar-refractivity contribution in [1.29, 1.82) is 0 Å². The number of carboxylic acid groups (broad SMARTS) is 1. The number of carbonyl (C=O) groups is 1. The van der Waals surface area contributed by atoms with E-state index in [-0.39, 0.29) is 5.69 Å². The quantitative estimate of drug-likeness (QED) is 0.863. The summed E-state index contributed by atoms with van der Waals surface area (Å²) in [5.74, 6) is -0.488. The van der Waals surface area contributed by atoms with E-state index in [1.165, 1.54) is 0 Å². The van der Waals surface area contributed by atoms with E-state index in [1.54, 1.807) is 6.07 Å². The van der Waals surface area contributed by atoms with Gasteiger partial charge in [-0.15, -0.1) is 0 Å². The summed E-state index contributed by atoms with van der Waals surface area (Å²) in [5.41, 5.74) is 1.25. The monoisotopic (exact) mass is 237 g/mol. The molecule has 2 rings (SSSR count). The fourth-order valence-electron chi connectivity index (χ4n) is 2.42. The first-order chi connectivity index (χ1) is 8.11. The summed E-state index contributed by atoms with van der Waals surface area (Å²) in [6.45, 7) is 4.87. The van der Waals surface area contributed by atoms with Gasteiger partial charge in [-0.3, -0.25) is 4.68 Å². The van der Waals surface area contributed by atoms with E-state index in [4.69, 9.17) is 5.11 Å². The van der Waals surface area contributed by atoms with Crippen LogP contribution in [0.15, 0.2) is 6.07 Å². The number of carboxylic acids is 1. The third-order valence-electron chi connectivity index (χ3n) is 3.47. The van der Waals surface area contributed by atoms with Gasteiger partial charge < -0.3 is 10.0 Å². The maximum absolute atomic E-state index is 10.9. The topological polar surface area (TPSA) is 58.4 Å². The fourth-order valence-corrected chi connectivity index (χ4v) is 2.42. The minimum atomic E-state index is -0.939. The number of nitrogens with zero attached hydrogens (tertiary/aromatic N) is 3.